The molecule has 0 saturated carbocycles. The van der Waals surface area contributed by atoms with Crippen LogP contribution in [0.3, 0.4) is 0 Å². The number of nitrogens with zero attached hydrogens (tertiary/aromatic N) is 7. The lowest BCUT2D eigenvalue weighted by Gasteiger charge is -2.23. The topological polar surface area (TPSA) is 97.5 Å². The molecule has 3 aromatic heterocycles. The van der Waals surface area contributed by atoms with Gasteiger partial charge in [0.05, 0.1) is 24.0 Å². The lowest BCUT2D eigenvalue weighted by molar-refractivity contribution is 0.0715. The Morgan fingerprint density at radius 1 is 1.38 bits per heavy atom. The number of amides is 1. The number of hydrogen-bond donors (Lipinski definition) is 1. The van der Waals surface area contributed by atoms with Crippen LogP contribution in [0, 0.1) is 13.8 Å². The number of nitrogens with one attached hydrogen (secondary N) is 1. The van der Waals surface area contributed by atoms with Gasteiger partial charge >= 0.3 is 0 Å². The number of aromatic nitrogens is 7. The fourth-order valence-corrected chi connectivity index (χ4v) is 3.69. The highest BCUT2D eigenvalue weighted by atomic mass is 16.2. The maximum absolute atomic E-state index is 13.0. The Labute approximate surface area is 151 Å². The average molecular weight is 354 g/mol. The maximum atomic E-state index is 13.0. The van der Waals surface area contributed by atoms with Crippen LogP contribution in [0.2, 0.25) is 0 Å². The van der Waals surface area contributed by atoms with E-state index in [9.17, 15) is 4.79 Å². The molecule has 1 atom stereocenters. The molecule has 1 fully saturated rings. The molecule has 1 N–H and O–H groups in total. The monoisotopic (exact) mass is 354 g/mol. The normalized spacial score (nSPS) is 17.2. The van der Waals surface area contributed by atoms with Crippen molar-refractivity contribution >= 4 is 5.91 Å². The zero-order chi connectivity index (χ0) is 18.3. The van der Waals surface area contributed by atoms with E-state index < -0.39 is 0 Å². The first-order chi connectivity index (χ1) is 12.5. The summed E-state index contributed by atoms with van der Waals surface area (Å²) in [5.74, 6) is -0.0226. The van der Waals surface area contributed by atoms with Crippen LogP contribution in [0.4, 0.5) is 0 Å². The van der Waals surface area contributed by atoms with E-state index in [2.05, 4.69) is 25.4 Å². The molecule has 1 amide bonds. The van der Waals surface area contributed by atoms with E-state index in [1.165, 1.54) is 6.33 Å². The van der Waals surface area contributed by atoms with Gasteiger partial charge in [0.2, 0.25) is 0 Å². The summed E-state index contributed by atoms with van der Waals surface area (Å²) in [4.78, 5) is 18.9. The van der Waals surface area contributed by atoms with Crippen molar-refractivity contribution in [1.29, 1.82) is 0 Å². The van der Waals surface area contributed by atoms with Crippen molar-refractivity contribution in [2.45, 2.75) is 39.3 Å². The Morgan fingerprint density at radius 3 is 2.92 bits per heavy atom. The van der Waals surface area contributed by atoms with Crippen LogP contribution in [0.1, 0.15) is 34.7 Å². The minimum absolute atomic E-state index is 0.0226. The smallest absolute Gasteiger partial charge is 0.272 e. The lowest BCUT2D eigenvalue weighted by atomic mass is 10.1. The molecule has 1 aliphatic heterocycles. The van der Waals surface area contributed by atoms with Gasteiger partial charge in [-0.05, 0) is 32.8 Å². The standard InChI is InChI=1S/C17H22N8O/c1-11-16(12(2)23(3)22-11)14-7-15(21-20-14)17(26)25-6-4-5-13(25)8-24-10-18-9-19-24/h7,9-10,13H,4-6,8H2,1-3H3,(H,20,21). The molecule has 136 valence electrons. The van der Waals surface area contributed by atoms with Gasteiger partial charge in [-0.25, -0.2) is 4.98 Å². The Kier molecular flexibility index (Phi) is 4.06. The van der Waals surface area contributed by atoms with Crippen molar-refractivity contribution in [1.82, 2.24) is 39.6 Å². The first-order valence-electron chi connectivity index (χ1n) is 8.74. The number of hydrogen-bond acceptors (Lipinski definition) is 5. The van der Waals surface area contributed by atoms with E-state index in [-0.39, 0.29) is 11.9 Å². The molecule has 26 heavy (non-hydrogen) atoms. The third-order valence-electron chi connectivity index (χ3n) is 5.08. The molecule has 1 unspecified atom stereocenters. The Balaban J connectivity index is 1.56. The number of H-pyrrole nitrogens is 1. The van der Waals surface area contributed by atoms with Gasteiger partial charge in [-0.1, -0.05) is 0 Å². The predicted octanol–water partition coefficient (Wildman–Crippen LogP) is 1.32. The number of aromatic amines is 1. The van der Waals surface area contributed by atoms with E-state index in [0.29, 0.717) is 12.2 Å². The number of likely N-dealkylation sites (tertiary alicyclic amines) is 1. The largest absolute Gasteiger partial charge is 0.332 e. The van der Waals surface area contributed by atoms with Crippen molar-refractivity contribution in [3.8, 4) is 11.3 Å². The summed E-state index contributed by atoms with van der Waals surface area (Å²) in [5.41, 5.74) is 4.17. The maximum Gasteiger partial charge on any atom is 0.272 e. The Bertz CT molecular complexity index is 923. The fourth-order valence-electron chi connectivity index (χ4n) is 3.69. The summed E-state index contributed by atoms with van der Waals surface area (Å²) < 4.78 is 3.60. The highest BCUT2D eigenvalue weighted by Crippen LogP contribution is 2.27. The highest BCUT2D eigenvalue weighted by molar-refractivity contribution is 5.94. The van der Waals surface area contributed by atoms with Crippen LogP contribution in [-0.4, -0.2) is 58.1 Å². The fraction of sp³-hybridized carbons (Fsp3) is 0.471. The van der Waals surface area contributed by atoms with E-state index in [1.54, 1.807) is 11.0 Å². The summed E-state index contributed by atoms with van der Waals surface area (Å²) in [6.07, 6.45) is 5.16. The SMILES string of the molecule is Cc1nn(C)c(C)c1-c1cc(C(=O)N2CCCC2Cn2cncn2)[nH]n1. The molecule has 9 nitrogen and oxygen atoms in total. The highest BCUT2D eigenvalue weighted by Gasteiger charge is 2.31. The molecule has 0 bridgehead atoms. The van der Waals surface area contributed by atoms with Crippen molar-refractivity contribution in [2.24, 2.45) is 7.05 Å². The number of carbonyl (C=O) groups excluding carboxylic acids is 1. The number of carbonyl (C=O) groups is 1. The first-order valence-corrected chi connectivity index (χ1v) is 8.74. The predicted molar refractivity (Wildman–Crippen MR) is 94.3 cm³/mol. The van der Waals surface area contributed by atoms with Crippen molar-refractivity contribution < 1.29 is 4.79 Å². The molecule has 4 rings (SSSR count). The molecule has 9 heteroatoms. The summed E-state index contributed by atoms with van der Waals surface area (Å²) in [6.45, 7) is 5.36. The third kappa shape index (κ3) is 2.79. The van der Waals surface area contributed by atoms with E-state index in [0.717, 1.165) is 42.0 Å². The van der Waals surface area contributed by atoms with E-state index in [4.69, 9.17) is 0 Å². The van der Waals surface area contributed by atoms with E-state index in [1.807, 2.05) is 36.5 Å². The molecule has 0 radical (unpaired) electrons. The Hall–Kier alpha value is -2.97. The zero-order valence-electron chi connectivity index (χ0n) is 15.2. The van der Waals surface area contributed by atoms with Crippen LogP contribution in [0.25, 0.3) is 11.3 Å². The second-order valence-electron chi connectivity index (χ2n) is 6.75. The quantitative estimate of drug-likeness (QED) is 0.762. The summed E-state index contributed by atoms with van der Waals surface area (Å²) in [5, 5.41) is 15.8. The van der Waals surface area contributed by atoms with Crippen LogP contribution < -0.4 is 0 Å². The lowest BCUT2D eigenvalue weighted by Crippen LogP contribution is -2.38. The molecule has 0 spiro atoms. The Morgan fingerprint density at radius 2 is 2.23 bits per heavy atom. The van der Waals surface area contributed by atoms with Crippen LogP contribution in [-0.2, 0) is 13.6 Å². The van der Waals surface area contributed by atoms with Gasteiger partial charge < -0.3 is 4.90 Å². The molecule has 1 aliphatic rings. The molecule has 4 heterocycles. The molecular formula is C17H22N8O. The van der Waals surface area contributed by atoms with Gasteiger partial charge in [0.1, 0.15) is 18.3 Å². The van der Waals surface area contributed by atoms with Crippen molar-refractivity contribution in [2.75, 3.05) is 6.54 Å². The molecule has 0 aromatic carbocycles. The summed E-state index contributed by atoms with van der Waals surface area (Å²) in [7, 11) is 1.91. The molecule has 0 aliphatic carbocycles. The number of rotatable bonds is 4. The van der Waals surface area contributed by atoms with Crippen LogP contribution >= 0.6 is 0 Å². The minimum Gasteiger partial charge on any atom is -0.332 e. The van der Waals surface area contributed by atoms with Crippen LogP contribution in [0.5, 0.6) is 0 Å². The molecular weight excluding hydrogens is 332 g/mol. The van der Waals surface area contributed by atoms with Gasteiger partial charge in [-0.2, -0.15) is 15.3 Å². The second-order valence-corrected chi connectivity index (χ2v) is 6.75. The first kappa shape index (κ1) is 16.5. The summed E-state index contributed by atoms with van der Waals surface area (Å²) >= 11 is 0. The van der Waals surface area contributed by atoms with Crippen molar-refractivity contribution in [3.05, 3.63) is 35.8 Å². The molecule has 1 saturated heterocycles. The minimum atomic E-state index is -0.0226. The van der Waals surface area contributed by atoms with Gasteiger partial charge in [-0.15, -0.1) is 0 Å². The summed E-state index contributed by atoms with van der Waals surface area (Å²) in [6, 6.07) is 1.95. The molecule has 3 aromatic rings. The van der Waals surface area contributed by atoms with Crippen LogP contribution in [0.15, 0.2) is 18.7 Å². The van der Waals surface area contributed by atoms with Gasteiger partial charge in [0, 0.05) is 24.8 Å². The third-order valence-corrected chi connectivity index (χ3v) is 5.08. The van der Waals surface area contributed by atoms with Gasteiger partial charge in [0.15, 0.2) is 0 Å². The van der Waals surface area contributed by atoms with E-state index >= 15 is 0 Å². The average Bonchev–Trinajstić information content (AvgIpc) is 3.38. The second kappa shape index (κ2) is 6.40. The zero-order valence-corrected chi connectivity index (χ0v) is 15.2. The number of aryl methyl sites for hydroxylation is 2. The van der Waals surface area contributed by atoms with Gasteiger partial charge in [0.25, 0.3) is 5.91 Å². The van der Waals surface area contributed by atoms with Crippen molar-refractivity contribution in [3.63, 3.8) is 0 Å². The van der Waals surface area contributed by atoms with Gasteiger partial charge in [-0.3, -0.25) is 19.3 Å².